The maximum atomic E-state index is 4.83. The van der Waals surface area contributed by atoms with Gasteiger partial charge in [0.25, 0.3) is 0 Å². The molecule has 0 saturated carbocycles. The average Bonchev–Trinajstić information content (AvgIpc) is 4.21. The highest BCUT2D eigenvalue weighted by Crippen LogP contribution is 2.43. The molecule has 0 aliphatic rings. The Bertz CT molecular complexity index is 3570. The van der Waals surface area contributed by atoms with Crippen LogP contribution in [0.15, 0.2) is 274 Å². The molecule has 9 aromatic carbocycles. The summed E-state index contributed by atoms with van der Waals surface area (Å²) in [6, 6.07) is 86.9. The van der Waals surface area contributed by atoms with Crippen LogP contribution in [0.4, 0.5) is 0 Å². The largest absolute Gasteiger partial charge is 0.256 e. The fourth-order valence-electron chi connectivity index (χ4n) is 9.56. The first-order valence-corrected chi connectivity index (χ1v) is 23.6. The lowest BCUT2D eigenvalue weighted by Crippen LogP contribution is -1.95. The van der Waals surface area contributed by atoms with Gasteiger partial charge < -0.3 is 0 Å². The second-order valence-corrected chi connectivity index (χ2v) is 17.4. The smallest absolute Gasteiger partial charge is 0.0708 e. The summed E-state index contributed by atoms with van der Waals surface area (Å²) >= 11 is 0. The highest BCUT2D eigenvalue weighted by molar-refractivity contribution is 5.94. The summed E-state index contributed by atoms with van der Waals surface area (Å²) in [7, 11) is 0. The van der Waals surface area contributed by atoms with Gasteiger partial charge in [0.15, 0.2) is 0 Å². The maximum absolute atomic E-state index is 4.83. The Morgan fingerprint density at radius 1 is 0.229 bits per heavy atom. The molecule has 12 rings (SSSR count). The summed E-state index contributed by atoms with van der Waals surface area (Å²) in [6.07, 6.45) is 9.46. The Balaban J connectivity index is 0.933. The minimum Gasteiger partial charge on any atom is -0.256 e. The molecule has 12 aromatic rings. The van der Waals surface area contributed by atoms with E-state index in [0.29, 0.717) is 0 Å². The molecule has 5 heteroatoms. The Labute approximate surface area is 407 Å². The second-order valence-electron chi connectivity index (χ2n) is 17.4. The van der Waals surface area contributed by atoms with Crippen LogP contribution in [0.3, 0.4) is 0 Å². The van der Waals surface area contributed by atoms with E-state index in [0.717, 1.165) is 101 Å². The minimum atomic E-state index is 0.936. The molecule has 0 atom stereocenters. The van der Waals surface area contributed by atoms with Crippen LogP contribution in [-0.2, 0) is 0 Å². The van der Waals surface area contributed by atoms with Crippen molar-refractivity contribution < 1.29 is 0 Å². The molecule has 0 bridgehead atoms. The van der Waals surface area contributed by atoms with Gasteiger partial charge in [0.1, 0.15) is 0 Å². The van der Waals surface area contributed by atoms with Crippen LogP contribution >= 0.6 is 0 Å². The van der Waals surface area contributed by atoms with Gasteiger partial charge in [-0.3, -0.25) is 4.98 Å². The number of nitrogens with zero attached hydrogens (tertiary/aromatic N) is 5. The predicted octanol–water partition coefficient (Wildman–Crippen LogP) is 16.5. The van der Waals surface area contributed by atoms with Crippen molar-refractivity contribution in [2.45, 2.75) is 0 Å². The molecule has 5 nitrogen and oxygen atoms in total. The summed E-state index contributed by atoms with van der Waals surface area (Å²) < 4.78 is 3.78. The standard InChI is InChI=1S/C65H45N5/c1-2-12-46(13-3-1)47-20-22-48(23-21-47)53-36-39-66-65(45-53)52-26-24-49(25-27-52)59-14-4-7-17-62(59)54-42-55(63-18-8-5-15-60(63)50-28-32-57(33-29-50)69-40-10-37-67-69)44-56(43-54)64-19-9-6-16-61(64)51-30-34-58(35-31-51)70-41-11-38-68-70/h1-45H. The lowest BCUT2D eigenvalue weighted by molar-refractivity contribution is 0.881. The molecule has 0 unspecified atom stereocenters. The normalized spacial score (nSPS) is 11.1. The summed E-state index contributed by atoms with van der Waals surface area (Å²) in [5, 5.41) is 8.91. The number of aromatic nitrogens is 5. The summed E-state index contributed by atoms with van der Waals surface area (Å²) in [4.78, 5) is 4.83. The monoisotopic (exact) mass is 895 g/mol. The zero-order valence-corrected chi connectivity index (χ0v) is 38.2. The van der Waals surface area contributed by atoms with Gasteiger partial charge in [0, 0.05) is 36.5 Å². The Kier molecular flexibility index (Phi) is 11.2. The minimum absolute atomic E-state index is 0.936. The Hall–Kier alpha value is -9.45. The molecule has 0 saturated heterocycles. The first-order valence-electron chi connectivity index (χ1n) is 23.6. The first kappa shape index (κ1) is 41.9. The van der Waals surface area contributed by atoms with Gasteiger partial charge in [-0.05, 0) is 156 Å². The van der Waals surface area contributed by atoms with E-state index in [1.807, 2.05) is 40.1 Å². The van der Waals surface area contributed by atoms with Crippen LogP contribution in [0.2, 0.25) is 0 Å². The van der Waals surface area contributed by atoms with Crippen LogP contribution in [0.25, 0.3) is 112 Å². The van der Waals surface area contributed by atoms with Gasteiger partial charge in [-0.2, -0.15) is 10.2 Å². The molecule has 3 aromatic heterocycles. The van der Waals surface area contributed by atoms with E-state index in [4.69, 9.17) is 4.98 Å². The van der Waals surface area contributed by atoms with Crippen molar-refractivity contribution in [3.05, 3.63) is 274 Å². The van der Waals surface area contributed by atoms with Gasteiger partial charge in [0.2, 0.25) is 0 Å². The molecule has 0 aliphatic heterocycles. The van der Waals surface area contributed by atoms with Crippen molar-refractivity contribution in [3.63, 3.8) is 0 Å². The van der Waals surface area contributed by atoms with E-state index in [9.17, 15) is 0 Å². The molecular formula is C65H45N5. The van der Waals surface area contributed by atoms with Crippen LogP contribution in [0.1, 0.15) is 0 Å². The third-order valence-electron chi connectivity index (χ3n) is 13.1. The first-order chi connectivity index (χ1) is 34.7. The third-order valence-corrected chi connectivity index (χ3v) is 13.1. The number of hydrogen-bond acceptors (Lipinski definition) is 3. The highest BCUT2D eigenvalue weighted by atomic mass is 15.3. The average molecular weight is 896 g/mol. The van der Waals surface area contributed by atoms with Crippen molar-refractivity contribution >= 4 is 0 Å². The molecule has 3 heterocycles. The van der Waals surface area contributed by atoms with Crippen molar-refractivity contribution in [3.8, 4) is 112 Å². The number of hydrogen-bond donors (Lipinski definition) is 0. The van der Waals surface area contributed by atoms with E-state index in [2.05, 4.69) is 241 Å². The summed E-state index contributed by atoms with van der Waals surface area (Å²) in [6.45, 7) is 0. The third kappa shape index (κ3) is 8.44. The topological polar surface area (TPSA) is 48.5 Å². The molecule has 0 aliphatic carbocycles. The van der Waals surface area contributed by atoms with E-state index in [1.165, 1.54) is 11.1 Å². The van der Waals surface area contributed by atoms with Crippen molar-refractivity contribution in [2.75, 3.05) is 0 Å². The zero-order valence-electron chi connectivity index (χ0n) is 38.2. The van der Waals surface area contributed by atoms with E-state index < -0.39 is 0 Å². The van der Waals surface area contributed by atoms with Gasteiger partial charge >= 0.3 is 0 Å². The predicted molar refractivity (Wildman–Crippen MR) is 287 cm³/mol. The molecule has 70 heavy (non-hydrogen) atoms. The molecule has 0 N–H and O–H groups in total. The molecule has 0 radical (unpaired) electrons. The number of rotatable bonds is 11. The maximum Gasteiger partial charge on any atom is 0.0708 e. The molecule has 0 amide bonds. The van der Waals surface area contributed by atoms with Crippen molar-refractivity contribution in [1.82, 2.24) is 24.5 Å². The summed E-state index contributed by atoms with van der Waals surface area (Å²) in [5.74, 6) is 0. The van der Waals surface area contributed by atoms with Crippen LogP contribution in [0, 0.1) is 0 Å². The zero-order chi connectivity index (χ0) is 46.6. The Morgan fingerprint density at radius 2 is 0.571 bits per heavy atom. The molecular weight excluding hydrogens is 851 g/mol. The van der Waals surface area contributed by atoms with Crippen LogP contribution < -0.4 is 0 Å². The van der Waals surface area contributed by atoms with Gasteiger partial charge in [0.05, 0.1) is 17.1 Å². The van der Waals surface area contributed by atoms with Gasteiger partial charge in [-0.1, -0.05) is 176 Å². The lowest BCUT2D eigenvalue weighted by Gasteiger charge is -2.18. The quantitative estimate of drug-likeness (QED) is 0.130. The SMILES string of the molecule is c1ccc(-c2ccc(-c3ccnc(-c4ccc(-c5ccccc5-c5cc(-c6ccccc6-c6ccc(-n7cccn7)cc6)cc(-c6ccccc6-c6ccc(-n7cccn7)cc6)c5)cc4)c3)cc2)cc1. The fraction of sp³-hybridized carbons (Fsp3) is 0. The lowest BCUT2D eigenvalue weighted by atomic mass is 9.86. The van der Waals surface area contributed by atoms with Gasteiger partial charge in [-0.25, -0.2) is 9.36 Å². The fourth-order valence-corrected chi connectivity index (χ4v) is 9.56. The van der Waals surface area contributed by atoms with Crippen LogP contribution in [0.5, 0.6) is 0 Å². The van der Waals surface area contributed by atoms with Crippen LogP contribution in [-0.4, -0.2) is 24.5 Å². The summed E-state index contributed by atoms with van der Waals surface area (Å²) in [5.41, 5.74) is 22.5. The van der Waals surface area contributed by atoms with E-state index >= 15 is 0 Å². The Morgan fingerprint density at radius 3 is 0.986 bits per heavy atom. The number of pyridine rings is 1. The van der Waals surface area contributed by atoms with Crippen molar-refractivity contribution in [2.24, 2.45) is 0 Å². The van der Waals surface area contributed by atoms with E-state index in [1.54, 1.807) is 12.4 Å². The molecule has 0 spiro atoms. The molecule has 330 valence electrons. The van der Waals surface area contributed by atoms with Gasteiger partial charge in [-0.15, -0.1) is 0 Å². The van der Waals surface area contributed by atoms with E-state index in [-0.39, 0.29) is 0 Å². The number of benzene rings is 9. The molecule has 0 fully saturated rings. The van der Waals surface area contributed by atoms with Crippen molar-refractivity contribution in [1.29, 1.82) is 0 Å². The highest BCUT2D eigenvalue weighted by Gasteiger charge is 2.17. The second kappa shape index (κ2) is 18.7.